The highest BCUT2D eigenvalue weighted by Crippen LogP contribution is 2.29. The Kier molecular flexibility index (Phi) is 4.65. The number of hydrogen-bond donors (Lipinski definition) is 3. The van der Waals surface area contributed by atoms with Crippen LogP contribution in [0.15, 0.2) is 30.5 Å². The molecular weight excluding hydrogens is 292 g/mol. The van der Waals surface area contributed by atoms with Crippen molar-refractivity contribution in [1.82, 2.24) is 10.3 Å². The van der Waals surface area contributed by atoms with Gasteiger partial charge < -0.3 is 15.4 Å². The molecule has 0 saturated heterocycles. The van der Waals surface area contributed by atoms with Gasteiger partial charge in [-0.15, -0.1) is 0 Å². The van der Waals surface area contributed by atoms with E-state index in [0.717, 1.165) is 24.8 Å². The van der Waals surface area contributed by atoms with Crippen molar-refractivity contribution >= 4 is 22.8 Å². The fraction of sp³-hybridized carbons (Fsp3) is 0.444. The van der Waals surface area contributed by atoms with Gasteiger partial charge in [0.25, 0.3) is 0 Å². The van der Waals surface area contributed by atoms with Crippen LogP contribution in [0.4, 0.5) is 0 Å². The number of aliphatic carboxylic acids is 1. The topological polar surface area (TPSA) is 82.2 Å². The second kappa shape index (κ2) is 6.86. The van der Waals surface area contributed by atoms with Crippen molar-refractivity contribution in [2.24, 2.45) is 11.8 Å². The largest absolute Gasteiger partial charge is 0.481 e. The lowest BCUT2D eigenvalue weighted by atomic mass is 9.81. The molecule has 0 bridgehead atoms. The fourth-order valence-corrected chi connectivity index (χ4v) is 3.46. The number of benzene rings is 1. The number of hydrogen-bond acceptors (Lipinski definition) is 2. The van der Waals surface area contributed by atoms with Crippen LogP contribution >= 0.6 is 0 Å². The standard InChI is InChI=1S/C18H22N2O3/c21-17(12-4-3-5-13(10-12)18(22)23)19-9-8-14-11-20-16-7-2-1-6-15(14)16/h1-2,6-7,11-13,20H,3-5,8-10H2,(H,19,21)(H,22,23)/t12-,13+/m1/s1. The average molecular weight is 314 g/mol. The van der Waals surface area contributed by atoms with Crippen LogP contribution in [0.1, 0.15) is 31.2 Å². The first-order valence-corrected chi connectivity index (χ1v) is 8.20. The third-order valence-electron chi connectivity index (χ3n) is 4.76. The molecule has 1 aliphatic rings. The van der Waals surface area contributed by atoms with Gasteiger partial charge >= 0.3 is 5.97 Å². The number of H-pyrrole nitrogens is 1. The number of amides is 1. The molecule has 3 rings (SSSR count). The van der Waals surface area contributed by atoms with Crippen molar-refractivity contribution in [2.75, 3.05) is 6.54 Å². The Bertz CT molecular complexity index is 707. The third-order valence-corrected chi connectivity index (χ3v) is 4.76. The molecule has 1 aliphatic carbocycles. The van der Waals surface area contributed by atoms with Crippen molar-refractivity contribution in [3.63, 3.8) is 0 Å². The quantitative estimate of drug-likeness (QED) is 0.793. The van der Waals surface area contributed by atoms with Crippen LogP contribution in [0.5, 0.6) is 0 Å². The number of carbonyl (C=O) groups excluding carboxylic acids is 1. The maximum Gasteiger partial charge on any atom is 0.306 e. The highest BCUT2D eigenvalue weighted by Gasteiger charge is 2.30. The Morgan fingerprint density at radius 1 is 1.22 bits per heavy atom. The van der Waals surface area contributed by atoms with Gasteiger partial charge in [-0.05, 0) is 37.3 Å². The highest BCUT2D eigenvalue weighted by molar-refractivity contribution is 5.83. The molecule has 5 nitrogen and oxygen atoms in total. The van der Waals surface area contributed by atoms with Crippen molar-refractivity contribution in [1.29, 1.82) is 0 Å². The number of fused-ring (bicyclic) bond motifs is 1. The molecule has 1 aromatic carbocycles. The van der Waals surface area contributed by atoms with Gasteiger partial charge in [0.1, 0.15) is 0 Å². The van der Waals surface area contributed by atoms with Crippen LogP contribution in [0, 0.1) is 11.8 Å². The van der Waals surface area contributed by atoms with E-state index < -0.39 is 5.97 Å². The molecule has 1 amide bonds. The van der Waals surface area contributed by atoms with Gasteiger partial charge in [-0.25, -0.2) is 0 Å². The lowest BCUT2D eigenvalue weighted by Gasteiger charge is -2.25. The van der Waals surface area contributed by atoms with E-state index in [0.29, 0.717) is 19.4 Å². The fourth-order valence-electron chi connectivity index (χ4n) is 3.46. The molecule has 23 heavy (non-hydrogen) atoms. The van der Waals surface area contributed by atoms with Crippen LogP contribution in [-0.4, -0.2) is 28.5 Å². The van der Waals surface area contributed by atoms with Gasteiger partial charge in [0, 0.05) is 29.6 Å². The van der Waals surface area contributed by atoms with Crippen LogP contribution in [0.3, 0.4) is 0 Å². The summed E-state index contributed by atoms with van der Waals surface area (Å²) in [6.07, 6.45) is 5.52. The summed E-state index contributed by atoms with van der Waals surface area (Å²) < 4.78 is 0. The maximum atomic E-state index is 12.2. The monoisotopic (exact) mass is 314 g/mol. The SMILES string of the molecule is O=C(O)[C@H]1CCC[C@@H](C(=O)NCCc2c[nH]c3ccccc23)C1. The average Bonchev–Trinajstić information content (AvgIpc) is 2.98. The number of nitrogens with one attached hydrogen (secondary N) is 2. The number of carboxylic acids is 1. The summed E-state index contributed by atoms with van der Waals surface area (Å²) in [5.41, 5.74) is 2.29. The molecule has 2 aromatic rings. The zero-order valence-corrected chi connectivity index (χ0v) is 13.0. The zero-order valence-electron chi connectivity index (χ0n) is 13.0. The van der Waals surface area contributed by atoms with E-state index in [1.807, 2.05) is 24.4 Å². The second-order valence-corrected chi connectivity index (χ2v) is 6.30. The van der Waals surface area contributed by atoms with E-state index in [4.69, 9.17) is 5.11 Å². The number of aromatic amines is 1. The molecule has 1 saturated carbocycles. The van der Waals surface area contributed by atoms with Crippen molar-refractivity contribution < 1.29 is 14.7 Å². The van der Waals surface area contributed by atoms with Crippen LogP contribution in [0.2, 0.25) is 0 Å². The molecule has 5 heteroatoms. The van der Waals surface area contributed by atoms with Crippen molar-refractivity contribution in [2.45, 2.75) is 32.1 Å². The highest BCUT2D eigenvalue weighted by atomic mass is 16.4. The van der Waals surface area contributed by atoms with Gasteiger partial charge in [0.2, 0.25) is 5.91 Å². The van der Waals surface area contributed by atoms with E-state index in [1.54, 1.807) is 0 Å². The molecule has 1 aromatic heterocycles. The minimum Gasteiger partial charge on any atom is -0.481 e. The first kappa shape index (κ1) is 15.6. The Balaban J connectivity index is 1.52. The molecule has 1 heterocycles. The Hall–Kier alpha value is -2.30. The molecule has 0 aliphatic heterocycles. The summed E-state index contributed by atoms with van der Waals surface area (Å²) in [7, 11) is 0. The number of para-hydroxylation sites is 1. The summed E-state index contributed by atoms with van der Waals surface area (Å²) in [6.45, 7) is 0.578. The minimum atomic E-state index is -0.777. The summed E-state index contributed by atoms with van der Waals surface area (Å²) in [4.78, 5) is 26.6. The van der Waals surface area contributed by atoms with Gasteiger partial charge in [-0.1, -0.05) is 24.6 Å². The van der Waals surface area contributed by atoms with Crippen LogP contribution < -0.4 is 5.32 Å². The first-order valence-electron chi connectivity index (χ1n) is 8.20. The predicted octanol–water partition coefficient (Wildman–Crippen LogP) is 2.72. The van der Waals surface area contributed by atoms with Crippen molar-refractivity contribution in [3.05, 3.63) is 36.0 Å². The molecule has 1 fully saturated rings. The maximum absolute atomic E-state index is 12.2. The zero-order chi connectivity index (χ0) is 16.2. The lowest BCUT2D eigenvalue weighted by Crippen LogP contribution is -2.36. The second-order valence-electron chi connectivity index (χ2n) is 6.30. The van der Waals surface area contributed by atoms with Gasteiger partial charge in [0.15, 0.2) is 0 Å². The predicted molar refractivity (Wildman–Crippen MR) is 88.1 cm³/mol. The van der Waals surface area contributed by atoms with Gasteiger partial charge in [0.05, 0.1) is 5.92 Å². The van der Waals surface area contributed by atoms with Gasteiger partial charge in [-0.3, -0.25) is 9.59 Å². The molecule has 0 radical (unpaired) electrons. The van der Waals surface area contributed by atoms with Crippen molar-refractivity contribution in [3.8, 4) is 0 Å². The summed E-state index contributed by atoms with van der Waals surface area (Å²) in [6, 6.07) is 8.10. The molecular formula is C18H22N2O3. The Morgan fingerprint density at radius 3 is 2.83 bits per heavy atom. The van der Waals surface area contributed by atoms with E-state index in [-0.39, 0.29) is 17.7 Å². The van der Waals surface area contributed by atoms with E-state index in [1.165, 1.54) is 10.9 Å². The number of carboxylic acid groups (broad SMARTS) is 1. The molecule has 122 valence electrons. The van der Waals surface area contributed by atoms with E-state index in [2.05, 4.69) is 16.4 Å². The first-order chi connectivity index (χ1) is 11.1. The van der Waals surface area contributed by atoms with Crippen LogP contribution in [-0.2, 0) is 16.0 Å². The number of aromatic nitrogens is 1. The summed E-state index contributed by atoms with van der Waals surface area (Å²) in [5, 5.41) is 13.3. The Morgan fingerprint density at radius 2 is 2.00 bits per heavy atom. The van der Waals surface area contributed by atoms with Crippen LogP contribution in [0.25, 0.3) is 10.9 Å². The third kappa shape index (κ3) is 3.55. The minimum absolute atomic E-state index is 0.00390. The lowest BCUT2D eigenvalue weighted by molar-refractivity contribution is -0.144. The van der Waals surface area contributed by atoms with E-state index >= 15 is 0 Å². The van der Waals surface area contributed by atoms with Gasteiger partial charge in [-0.2, -0.15) is 0 Å². The molecule has 3 N–H and O–H groups in total. The summed E-state index contributed by atoms with van der Waals surface area (Å²) >= 11 is 0. The smallest absolute Gasteiger partial charge is 0.306 e. The number of carbonyl (C=O) groups is 2. The van der Waals surface area contributed by atoms with E-state index in [9.17, 15) is 9.59 Å². The molecule has 2 atom stereocenters. The number of rotatable bonds is 5. The molecule has 0 unspecified atom stereocenters. The Labute approximate surface area is 135 Å². The molecule has 0 spiro atoms. The normalized spacial score (nSPS) is 21.2. The summed E-state index contributed by atoms with van der Waals surface area (Å²) in [5.74, 6) is -1.31.